The molecule has 94 valence electrons. The summed E-state index contributed by atoms with van der Waals surface area (Å²) in [5.41, 5.74) is 1.89. The molecule has 0 saturated heterocycles. The van der Waals surface area contributed by atoms with E-state index in [0.717, 1.165) is 22.6 Å². The Morgan fingerprint density at radius 2 is 2.24 bits per heavy atom. The van der Waals surface area contributed by atoms with Crippen LogP contribution in [0.3, 0.4) is 0 Å². The normalized spacial score (nSPS) is 14.4. The smallest absolute Gasteiger partial charge is 0.0943 e. The molecule has 0 heterocycles. The minimum atomic E-state index is -0.518. The van der Waals surface area contributed by atoms with Crippen molar-refractivity contribution in [2.75, 3.05) is 6.54 Å². The van der Waals surface area contributed by atoms with Gasteiger partial charge in [-0.15, -0.1) is 6.58 Å². The van der Waals surface area contributed by atoms with Crippen molar-refractivity contribution < 1.29 is 5.11 Å². The number of aliphatic hydroxyl groups is 1. The van der Waals surface area contributed by atoms with Gasteiger partial charge in [-0.05, 0) is 30.5 Å². The van der Waals surface area contributed by atoms with Crippen LogP contribution in [0.1, 0.15) is 30.6 Å². The van der Waals surface area contributed by atoms with Crippen molar-refractivity contribution in [1.82, 2.24) is 5.32 Å². The van der Waals surface area contributed by atoms with E-state index in [9.17, 15) is 5.11 Å². The van der Waals surface area contributed by atoms with Crippen LogP contribution in [0.15, 0.2) is 30.9 Å². The summed E-state index contributed by atoms with van der Waals surface area (Å²) in [7, 11) is 0. The van der Waals surface area contributed by atoms with Gasteiger partial charge in [-0.3, -0.25) is 0 Å². The van der Waals surface area contributed by atoms with E-state index >= 15 is 0 Å². The molecular weight excluding hydrogens is 234 g/mol. The number of halogens is 1. The first-order valence-corrected chi connectivity index (χ1v) is 6.26. The summed E-state index contributed by atoms with van der Waals surface area (Å²) in [5, 5.41) is 14.3. The Morgan fingerprint density at radius 3 is 2.76 bits per heavy atom. The molecule has 0 aliphatic carbocycles. The highest BCUT2D eigenvalue weighted by Crippen LogP contribution is 2.23. The van der Waals surface area contributed by atoms with Crippen LogP contribution in [0.2, 0.25) is 5.02 Å². The Morgan fingerprint density at radius 1 is 1.53 bits per heavy atom. The largest absolute Gasteiger partial charge is 0.387 e. The molecule has 2 unspecified atom stereocenters. The molecule has 0 aliphatic heterocycles. The van der Waals surface area contributed by atoms with Gasteiger partial charge >= 0.3 is 0 Å². The monoisotopic (exact) mass is 253 g/mol. The zero-order valence-corrected chi connectivity index (χ0v) is 11.2. The topological polar surface area (TPSA) is 32.3 Å². The van der Waals surface area contributed by atoms with Crippen molar-refractivity contribution in [3.05, 3.63) is 47.0 Å². The summed E-state index contributed by atoms with van der Waals surface area (Å²) < 4.78 is 0. The molecule has 0 bridgehead atoms. The first-order chi connectivity index (χ1) is 8.10. The molecule has 2 N–H and O–H groups in total. The highest BCUT2D eigenvalue weighted by atomic mass is 35.5. The van der Waals surface area contributed by atoms with Gasteiger partial charge in [-0.1, -0.05) is 36.7 Å². The predicted octanol–water partition coefficient (Wildman–Crippen LogP) is 3.24. The number of hydrogen-bond acceptors (Lipinski definition) is 2. The van der Waals surface area contributed by atoms with Crippen LogP contribution in [-0.4, -0.2) is 17.7 Å². The highest BCUT2D eigenvalue weighted by molar-refractivity contribution is 6.31. The maximum Gasteiger partial charge on any atom is 0.0943 e. The molecule has 0 amide bonds. The SMILES string of the molecule is C=CCNC(CC)C(O)c1ccc(Cl)c(C)c1. The number of nitrogens with one attached hydrogen (secondary N) is 1. The van der Waals surface area contributed by atoms with E-state index in [1.165, 1.54) is 0 Å². The lowest BCUT2D eigenvalue weighted by Crippen LogP contribution is -2.34. The van der Waals surface area contributed by atoms with Crippen LogP contribution in [0.5, 0.6) is 0 Å². The Bertz CT molecular complexity index is 378. The lowest BCUT2D eigenvalue weighted by molar-refractivity contribution is 0.128. The second-order valence-electron chi connectivity index (χ2n) is 4.17. The molecule has 1 aromatic rings. The van der Waals surface area contributed by atoms with Crippen LogP contribution in [0.25, 0.3) is 0 Å². The van der Waals surface area contributed by atoms with Gasteiger partial charge in [-0.2, -0.15) is 0 Å². The molecule has 0 spiro atoms. The first kappa shape index (κ1) is 14.2. The molecule has 2 atom stereocenters. The average Bonchev–Trinajstić information content (AvgIpc) is 2.33. The number of aryl methyl sites for hydroxylation is 1. The first-order valence-electron chi connectivity index (χ1n) is 5.88. The van der Waals surface area contributed by atoms with Gasteiger partial charge in [0.1, 0.15) is 0 Å². The van der Waals surface area contributed by atoms with E-state index in [-0.39, 0.29) is 6.04 Å². The summed E-state index contributed by atoms with van der Waals surface area (Å²) in [5.74, 6) is 0. The third-order valence-electron chi connectivity index (χ3n) is 2.87. The summed E-state index contributed by atoms with van der Waals surface area (Å²) >= 11 is 5.97. The quantitative estimate of drug-likeness (QED) is 0.763. The summed E-state index contributed by atoms with van der Waals surface area (Å²) in [6.07, 6.45) is 2.13. The molecule has 0 fully saturated rings. The second-order valence-corrected chi connectivity index (χ2v) is 4.57. The van der Waals surface area contributed by atoms with Crippen LogP contribution in [0, 0.1) is 6.92 Å². The van der Waals surface area contributed by atoms with Crippen molar-refractivity contribution in [3.63, 3.8) is 0 Å². The van der Waals surface area contributed by atoms with Crippen molar-refractivity contribution in [3.8, 4) is 0 Å². The maximum atomic E-state index is 10.3. The third kappa shape index (κ3) is 3.84. The summed E-state index contributed by atoms with van der Waals surface area (Å²) in [6.45, 7) is 8.35. The molecular formula is C14H20ClNO. The zero-order chi connectivity index (χ0) is 12.8. The molecule has 3 heteroatoms. The maximum absolute atomic E-state index is 10.3. The Labute approximate surface area is 108 Å². The van der Waals surface area contributed by atoms with Gasteiger partial charge in [0, 0.05) is 17.6 Å². The Kier molecular flexibility index (Phi) is 5.69. The van der Waals surface area contributed by atoms with Crippen molar-refractivity contribution >= 4 is 11.6 Å². The Hall–Kier alpha value is -0.830. The lowest BCUT2D eigenvalue weighted by Gasteiger charge is -2.23. The van der Waals surface area contributed by atoms with E-state index in [1.54, 1.807) is 6.08 Å². The van der Waals surface area contributed by atoms with Gasteiger partial charge in [0.2, 0.25) is 0 Å². The average molecular weight is 254 g/mol. The summed E-state index contributed by atoms with van der Waals surface area (Å²) in [6, 6.07) is 5.67. The fourth-order valence-corrected chi connectivity index (χ4v) is 1.92. The highest BCUT2D eigenvalue weighted by Gasteiger charge is 2.18. The third-order valence-corrected chi connectivity index (χ3v) is 3.29. The molecule has 1 rings (SSSR count). The summed E-state index contributed by atoms with van der Waals surface area (Å²) in [4.78, 5) is 0. The minimum absolute atomic E-state index is 0.0357. The van der Waals surface area contributed by atoms with Gasteiger partial charge in [-0.25, -0.2) is 0 Å². The number of rotatable bonds is 6. The van der Waals surface area contributed by atoms with E-state index in [0.29, 0.717) is 6.54 Å². The molecule has 0 radical (unpaired) electrons. The van der Waals surface area contributed by atoms with E-state index in [2.05, 4.69) is 11.9 Å². The number of aliphatic hydroxyl groups excluding tert-OH is 1. The van der Waals surface area contributed by atoms with Crippen LogP contribution < -0.4 is 5.32 Å². The van der Waals surface area contributed by atoms with Gasteiger partial charge in [0.25, 0.3) is 0 Å². The van der Waals surface area contributed by atoms with Crippen molar-refractivity contribution in [1.29, 1.82) is 0 Å². The molecule has 2 nitrogen and oxygen atoms in total. The van der Waals surface area contributed by atoms with E-state index in [1.807, 2.05) is 32.0 Å². The molecule has 1 aromatic carbocycles. The van der Waals surface area contributed by atoms with Crippen LogP contribution in [-0.2, 0) is 0 Å². The molecule has 0 aromatic heterocycles. The zero-order valence-electron chi connectivity index (χ0n) is 10.4. The fraction of sp³-hybridized carbons (Fsp3) is 0.429. The van der Waals surface area contributed by atoms with Crippen LogP contribution >= 0.6 is 11.6 Å². The molecule has 0 saturated carbocycles. The lowest BCUT2D eigenvalue weighted by atomic mass is 9.99. The van der Waals surface area contributed by atoms with Gasteiger partial charge < -0.3 is 10.4 Å². The number of hydrogen-bond donors (Lipinski definition) is 2. The van der Waals surface area contributed by atoms with Crippen LogP contribution in [0.4, 0.5) is 0 Å². The molecule has 0 aliphatic rings. The number of benzene rings is 1. The van der Waals surface area contributed by atoms with Gasteiger partial charge in [0.05, 0.1) is 6.10 Å². The van der Waals surface area contributed by atoms with Gasteiger partial charge in [0.15, 0.2) is 0 Å². The standard InChI is InChI=1S/C14H20ClNO/c1-4-8-16-13(5-2)14(17)11-6-7-12(15)10(3)9-11/h4,6-7,9,13-14,16-17H,1,5,8H2,2-3H3. The Balaban J connectivity index is 2.81. The van der Waals surface area contributed by atoms with E-state index in [4.69, 9.17) is 11.6 Å². The minimum Gasteiger partial charge on any atom is -0.387 e. The fourth-order valence-electron chi connectivity index (χ4n) is 1.80. The van der Waals surface area contributed by atoms with E-state index < -0.39 is 6.10 Å². The second kappa shape index (κ2) is 6.80. The van der Waals surface area contributed by atoms with Crippen molar-refractivity contribution in [2.24, 2.45) is 0 Å². The predicted molar refractivity (Wildman–Crippen MR) is 73.4 cm³/mol. The molecule has 17 heavy (non-hydrogen) atoms. The van der Waals surface area contributed by atoms with Crippen molar-refractivity contribution in [2.45, 2.75) is 32.4 Å².